The van der Waals surface area contributed by atoms with Crippen molar-refractivity contribution < 1.29 is 24.5 Å². The highest BCUT2D eigenvalue weighted by Gasteiger charge is 2.38. The molecule has 1 amide bonds. The Balaban J connectivity index is 1.89. The first kappa shape index (κ1) is 11.3. The van der Waals surface area contributed by atoms with E-state index in [0.717, 1.165) is 0 Å². The van der Waals surface area contributed by atoms with Crippen molar-refractivity contribution >= 4 is 11.9 Å². The molecule has 2 fully saturated rings. The van der Waals surface area contributed by atoms with E-state index in [1.54, 1.807) is 4.90 Å². The minimum absolute atomic E-state index is 0.194. The Labute approximate surface area is 92.8 Å². The summed E-state index contributed by atoms with van der Waals surface area (Å²) in [4.78, 5) is 24.1. The van der Waals surface area contributed by atoms with Crippen LogP contribution in [0.25, 0.3) is 0 Å². The average molecular weight is 229 g/mol. The maximum atomic E-state index is 11.9. The van der Waals surface area contributed by atoms with E-state index in [2.05, 4.69) is 0 Å². The third-order valence-corrected chi connectivity index (χ3v) is 3.05. The number of carbonyl (C=O) groups is 2. The predicted molar refractivity (Wildman–Crippen MR) is 52.7 cm³/mol. The van der Waals surface area contributed by atoms with Gasteiger partial charge in [0.2, 0.25) is 0 Å². The molecule has 2 N–H and O–H groups in total. The lowest BCUT2D eigenvalue weighted by Crippen LogP contribution is -2.38. The number of aliphatic hydroxyl groups excluding tert-OH is 1. The van der Waals surface area contributed by atoms with E-state index in [9.17, 15) is 14.7 Å². The summed E-state index contributed by atoms with van der Waals surface area (Å²) in [6.45, 7) is 0.855. The zero-order valence-corrected chi connectivity index (χ0v) is 8.83. The zero-order chi connectivity index (χ0) is 11.7. The molecule has 6 nitrogen and oxygen atoms in total. The highest BCUT2D eigenvalue weighted by Crippen LogP contribution is 2.23. The number of carboxylic acid groups (broad SMARTS) is 1. The number of rotatable bonds is 2. The second kappa shape index (κ2) is 4.39. The number of ether oxygens (including phenoxy) is 1. The number of β-amino-alcohol motifs (C(OH)–C–C–N with tert-alkyl or cyclic N) is 1. The molecule has 2 aliphatic heterocycles. The molecule has 0 radical (unpaired) electrons. The molecule has 0 aromatic rings. The number of nitrogens with zero attached hydrogens (tertiary/aromatic N) is 1. The van der Waals surface area contributed by atoms with Crippen molar-refractivity contribution in [3.05, 3.63) is 0 Å². The van der Waals surface area contributed by atoms with Crippen LogP contribution in [0.2, 0.25) is 0 Å². The lowest BCUT2D eigenvalue weighted by molar-refractivity contribution is -0.154. The molecule has 2 rings (SSSR count). The van der Waals surface area contributed by atoms with Crippen LogP contribution in [-0.2, 0) is 14.3 Å². The van der Waals surface area contributed by atoms with Gasteiger partial charge in [0.25, 0.3) is 5.91 Å². The van der Waals surface area contributed by atoms with Gasteiger partial charge in [-0.15, -0.1) is 0 Å². The van der Waals surface area contributed by atoms with E-state index >= 15 is 0 Å². The standard InChI is InChI=1S/C10H15NO5/c12-6-3-4-11(5-6)9(13)7-1-2-8(16-7)10(14)15/h6-8,12H,1-5H2,(H,14,15)/t6-,7-,8+/m0/s1. The molecule has 0 aliphatic carbocycles. The minimum atomic E-state index is -1.02. The second-order valence-electron chi connectivity index (χ2n) is 4.26. The van der Waals surface area contributed by atoms with Gasteiger partial charge in [0.15, 0.2) is 6.10 Å². The molecular formula is C10H15NO5. The van der Waals surface area contributed by atoms with Gasteiger partial charge in [-0.05, 0) is 19.3 Å². The van der Waals surface area contributed by atoms with Gasteiger partial charge in [-0.25, -0.2) is 4.79 Å². The number of hydrogen-bond acceptors (Lipinski definition) is 4. The number of aliphatic hydroxyl groups is 1. The Bertz CT molecular complexity index is 306. The van der Waals surface area contributed by atoms with Crippen LogP contribution in [0.5, 0.6) is 0 Å². The molecule has 2 aliphatic rings. The SMILES string of the molecule is O=C(O)[C@H]1CC[C@@H](C(=O)N2CC[C@H](O)C2)O1. The van der Waals surface area contributed by atoms with E-state index in [1.807, 2.05) is 0 Å². The lowest BCUT2D eigenvalue weighted by atomic mass is 10.2. The molecule has 0 aromatic carbocycles. The summed E-state index contributed by atoms with van der Waals surface area (Å²) in [5.41, 5.74) is 0. The van der Waals surface area contributed by atoms with Gasteiger partial charge < -0.3 is 19.8 Å². The van der Waals surface area contributed by atoms with Crippen molar-refractivity contribution in [2.24, 2.45) is 0 Å². The minimum Gasteiger partial charge on any atom is -0.479 e. The summed E-state index contributed by atoms with van der Waals surface area (Å²) < 4.78 is 5.16. The maximum absolute atomic E-state index is 11.9. The fraction of sp³-hybridized carbons (Fsp3) is 0.800. The third-order valence-electron chi connectivity index (χ3n) is 3.05. The molecule has 0 unspecified atom stereocenters. The summed E-state index contributed by atoms with van der Waals surface area (Å²) in [5.74, 6) is -1.21. The number of amides is 1. The Hall–Kier alpha value is -1.14. The van der Waals surface area contributed by atoms with Crippen LogP contribution >= 0.6 is 0 Å². The van der Waals surface area contributed by atoms with Gasteiger partial charge in [0, 0.05) is 13.1 Å². The molecular weight excluding hydrogens is 214 g/mol. The first-order valence-corrected chi connectivity index (χ1v) is 5.43. The molecule has 2 saturated heterocycles. The van der Waals surface area contributed by atoms with Gasteiger partial charge in [-0.2, -0.15) is 0 Å². The third kappa shape index (κ3) is 2.17. The summed E-state index contributed by atoms with van der Waals surface area (Å²) in [6.07, 6.45) is -0.556. The summed E-state index contributed by atoms with van der Waals surface area (Å²) in [5, 5.41) is 18.0. The maximum Gasteiger partial charge on any atom is 0.332 e. The van der Waals surface area contributed by atoms with Crippen LogP contribution < -0.4 is 0 Å². The molecule has 90 valence electrons. The van der Waals surface area contributed by atoms with Crippen molar-refractivity contribution in [1.82, 2.24) is 4.90 Å². The van der Waals surface area contributed by atoms with Gasteiger partial charge in [0.05, 0.1) is 6.10 Å². The van der Waals surface area contributed by atoms with E-state index in [-0.39, 0.29) is 5.91 Å². The molecule has 16 heavy (non-hydrogen) atoms. The Kier molecular flexibility index (Phi) is 3.11. The highest BCUT2D eigenvalue weighted by molar-refractivity contribution is 5.83. The monoisotopic (exact) mass is 229 g/mol. The normalized spacial score (nSPS) is 34.3. The van der Waals surface area contributed by atoms with Crippen LogP contribution in [0.3, 0.4) is 0 Å². The number of likely N-dealkylation sites (tertiary alicyclic amines) is 1. The Morgan fingerprint density at radius 2 is 1.88 bits per heavy atom. The number of carboxylic acids is 1. The molecule has 0 aromatic heterocycles. The van der Waals surface area contributed by atoms with Crippen molar-refractivity contribution in [1.29, 1.82) is 0 Å². The van der Waals surface area contributed by atoms with Crippen molar-refractivity contribution in [3.63, 3.8) is 0 Å². The first-order chi connectivity index (χ1) is 7.58. The van der Waals surface area contributed by atoms with Crippen molar-refractivity contribution in [3.8, 4) is 0 Å². The van der Waals surface area contributed by atoms with E-state index in [1.165, 1.54) is 0 Å². The molecule has 3 atom stereocenters. The average Bonchev–Trinajstić information content (AvgIpc) is 2.84. The number of hydrogen-bond donors (Lipinski definition) is 2. The fourth-order valence-electron chi connectivity index (χ4n) is 2.15. The van der Waals surface area contributed by atoms with Crippen molar-refractivity contribution in [2.45, 2.75) is 37.6 Å². The number of carbonyl (C=O) groups excluding carboxylic acids is 1. The van der Waals surface area contributed by atoms with Crippen LogP contribution in [0.4, 0.5) is 0 Å². The fourth-order valence-corrected chi connectivity index (χ4v) is 2.15. The summed E-state index contributed by atoms with van der Waals surface area (Å²) in [6, 6.07) is 0. The Morgan fingerprint density at radius 1 is 1.19 bits per heavy atom. The van der Waals surface area contributed by atoms with Gasteiger partial charge in [-0.1, -0.05) is 0 Å². The smallest absolute Gasteiger partial charge is 0.332 e. The van der Waals surface area contributed by atoms with Gasteiger partial charge >= 0.3 is 5.97 Å². The van der Waals surface area contributed by atoms with E-state index in [0.29, 0.717) is 32.4 Å². The van der Waals surface area contributed by atoms with E-state index < -0.39 is 24.3 Å². The molecule has 0 saturated carbocycles. The number of aliphatic carboxylic acids is 1. The van der Waals surface area contributed by atoms with Crippen molar-refractivity contribution in [2.75, 3.05) is 13.1 Å². The zero-order valence-electron chi connectivity index (χ0n) is 8.83. The van der Waals surface area contributed by atoms with Crippen LogP contribution in [0, 0.1) is 0 Å². The largest absolute Gasteiger partial charge is 0.479 e. The summed E-state index contributed by atoms with van der Waals surface area (Å²) >= 11 is 0. The van der Waals surface area contributed by atoms with Gasteiger partial charge in [0.1, 0.15) is 6.10 Å². The second-order valence-corrected chi connectivity index (χ2v) is 4.26. The lowest BCUT2D eigenvalue weighted by Gasteiger charge is -2.19. The molecule has 2 heterocycles. The van der Waals surface area contributed by atoms with Crippen LogP contribution in [0.1, 0.15) is 19.3 Å². The quantitative estimate of drug-likeness (QED) is 0.648. The highest BCUT2D eigenvalue weighted by atomic mass is 16.5. The molecule has 0 bridgehead atoms. The predicted octanol–water partition coefficient (Wildman–Crippen LogP) is -0.788. The summed E-state index contributed by atoms with van der Waals surface area (Å²) in [7, 11) is 0. The van der Waals surface area contributed by atoms with Crippen LogP contribution in [0.15, 0.2) is 0 Å². The van der Waals surface area contributed by atoms with Crippen LogP contribution in [-0.4, -0.2) is 58.4 Å². The first-order valence-electron chi connectivity index (χ1n) is 5.43. The van der Waals surface area contributed by atoms with Gasteiger partial charge in [-0.3, -0.25) is 4.79 Å². The molecule has 6 heteroatoms. The molecule has 0 spiro atoms. The Morgan fingerprint density at radius 3 is 2.38 bits per heavy atom. The topological polar surface area (TPSA) is 87.1 Å². The van der Waals surface area contributed by atoms with E-state index in [4.69, 9.17) is 9.84 Å².